The molecule has 2 N–H and O–H groups in total. The Labute approximate surface area is 143 Å². The Balaban J connectivity index is 1.79. The van der Waals surface area contributed by atoms with Crippen LogP contribution in [-0.2, 0) is 14.9 Å². The van der Waals surface area contributed by atoms with Crippen molar-refractivity contribution < 1.29 is 23.0 Å². The van der Waals surface area contributed by atoms with Crippen molar-refractivity contribution >= 4 is 10.2 Å². The van der Waals surface area contributed by atoms with E-state index in [1.165, 1.54) is 4.31 Å². The largest absolute Gasteiger partial charge is 0.491 e. The number of benzene rings is 1. The lowest BCUT2D eigenvalue weighted by molar-refractivity contribution is 0.0116. The number of hydrogen-bond acceptors (Lipinski definition) is 5. The highest BCUT2D eigenvalue weighted by atomic mass is 32.2. The number of aliphatic hydroxyl groups excluding tert-OH is 1. The van der Waals surface area contributed by atoms with Gasteiger partial charge in [-0.05, 0) is 17.5 Å². The third-order valence-corrected chi connectivity index (χ3v) is 5.47. The second kappa shape index (κ2) is 8.26. The number of aliphatic hydroxyl groups is 1. The molecular formula is C16H26N2O5S. The van der Waals surface area contributed by atoms with Crippen molar-refractivity contribution in [2.45, 2.75) is 32.0 Å². The molecule has 1 heterocycles. The average molecular weight is 358 g/mol. The third-order valence-electron chi connectivity index (χ3n) is 3.96. The molecule has 0 saturated carbocycles. The zero-order valence-electron chi connectivity index (χ0n) is 14.3. The Morgan fingerprint density at radius 2 is 2.00 bits per heavy atom. The molecule has 1 atom stereocenters. The minimum Gasteiger partial charge on any atom is -0.491 e. The average Bonchev–Trinajstić information content (AvgIpc) is 2.50. The van der Waals surface area contributed by atoms with Gasteiger partial charge in [-0.15, -0.1) is 0 Å². The Morgan fingerprint density at radius 3 is 2.62 bits per heavy atom. The van der Waals surface area contributed by atoms with E-state index in [4.69, 9.17) is 9.47 Å². The van der Waals surface area contributed by atoms with Gasteiger partial charge in [0, 0.05) is 26.7 Å². The SMILES string of the molecule is COC1CN(S(=O)(=O)NCC(O)COc2ccccc2C(C)C)C1. The first-order valence-electron chi connectivity index (χ1n) is 8.00. The van der Waals surface area contributed by atoms with Gasteiger partial charge in [0.15, 0.2) is 0 Å². The van der Waals surface area contributed by atoms with E-state index in [9.17, 15) is 13.5 Å². The second-order valence-electron chi connectivity index (χ2n) is 6.19. The van der Waals surface area contributed by atoms with E-state index in [-0.39, 0.29) is 19.3 Å². The summed E-state index contributed by atoms with van der Waals surface area (Å²) in [6, 6.07) is 7.63. The van der Waals surface area contributed by atoms with Crippen molar-refractivity contribution in [3.8, 4) is 5.75 Å². The van der Waals surface area contributed by atoms with Crippen LogP contribution in [0.3, 0.4) is 0 Å². The van der Waals surface area contributed by atoms with Crippen molar-refractivity contribution in [1.29, 1.82) is 0 Å². The molecule has 0 bridgehead atoms. The second-order valence-corrected chi connectivity index (χ2v) is 7.94. The minimum atomic E-state index is -3.58. The van der Waals surface area contributed by atoms with E-state index in [1.54, 1.807) is 7.11 Å². The van der Waals surface area contributed by atoms with Crippen molar-refractivity contribution in [2.75, 3.05) is 33.4 Å². The van der Waals surface area contributed by atoms with Gasteiger partial charge in [-0.2, -0.15) is 17.4 Å². The number of rotatable bonds is 9. The first kappa shape index (κ1) is 19.1. The molecule has 1 aliphatic rings. The lowest BCUT2D eigenvalue weighted by atomic mass is 10.0. The first-order valence-corrected chi connectivity index (χ1v) is 9.44. The van der Waals surface area contributed by atoms with Gasteiger partial charge in [0.05, 0.1) is 6.10 Å². The Kier molecular flexibility index (Phi) is 6.59. The molecule has 1 aromatic rings. The highest BCUT2D eigenvalue weighted by molar-refractivity contribution is 7.87. The highest BCUT2D eigenvalue weighted by Gasteiger charge is 2.35. The quantitative estimate of drug-likeness (QED) is 0.679. The number of nitrogens with one attached hydrogen (secondary N) is 1. The van der Waals surface area contributed by atoms with E-state index in [2.05, 4.69) is 18.6 Å². The molecule has 7 nitrogen and oxygen atoms in total. The van der Waals surface area contributed by atoms with Gasteiger partial charge in [-0.25, -0.2) is 0 Å². The summed E-state index contributed by atoms with van der Waals surface area (Å²) in [4.78, 5) is 0. The molecule has 1 fully saturated rings. The molecule has 0 aromatic heterocycles. The molecule has 1 unspecified atom stereocenters. The number of ether oxygens (including phenoxy) is 2. The Hall–Kier alpha value is -1.19. The van der Waals surface area contributed by atoms with E-state index in [0.29, 0.717) is 24.8 Å². The molecule has 1 aliphatic heterocycles. The zero-order valence-corrected chi connectivity index (χ0v) is 15.1. The summed E-state index contributed by atoms with van der Waals surface area (Å²) in [5.74, 6) is 1.01. The smallest absolute Gasteiger partial charge is 0.279 e. The minimum absolute atomic E-state index is 0.0208. The monoisotopic (exact) mass is 358 g/mol. The molecule has 8 heteroatoms. The zero-order chi connectivity index (χ0) is 17.7. The van der Waals surface area contributed by atoms with Crippen molar-refractivity contribution in [1.82, 2.24) is 9.03 Å². The maximum absolute atomic E-state index is 12.0. The fourth-order valence-corrected chi connectivity index (χ4v) is 3.68. The van der Waals surface area contributed by atoms with Crippen LogP contribution in [0.1, 0.15) is 25.3 Å². The van der Waals surface area contributed by atoms with Crippen molar-refractivity contribution in [3.63, 3.8) is 0 Å². The maximum atomic E-state index is 12.0. The lowest BCUT2D eigenvalue weighted by Gasteiger charge is -2.36. The summed E-state index contributed by atoms with van der Waals surface area (Å²) in [5.41, 5.74) is 1.05. The molecule has 0 amide bonds. The fraction of sp³-hybridized carbons (Fsp3) is 0.625. The van der Waals surface area contributed by atoms with E-state index in [0.717, 1.165) is 5.56 Å². The molecule has 2 rings (SSSR count). The molecule has 1 aromatic carbocycles. The summed E-state index contributed by atoms with van der Waals surface area (Å²) in [6.07, 6.45) is -0.984. The van der Waals surface area contributed by atoms with Crippen molar-refractivity contribution in [3.05, 3.63) is 29.8 Å². The van der Waals surface area contributed by atoms with Crippen LogP contribution in [0.15, 0.2) is 24.3 Å². The predicted molar refractivity (Wildman–Crippen MR) is 91.3 cm³/mol. The summed E-state index contributed by atoms with van der Waals surface area (Å²) < 4.78 is 38.4. The topological polar surface area (TPSA) is 88.1 Å². The fourth-order valence-electron chi connectivity index (χ4n) is 2.37. The van der Waals surface area contributed by atoms with Crippen LogP contribution in [0.25, 0.3) is 0 Å². The third kappa shape index (κ3) is 4.90. The molecule has 136 valence electrons. The molecule has 1 saturated heterocycles. The van der Waals surface area contributed by atoms with Crippen LogP contribution in [0.2, 0.25) is 0 Å². The Morgan fingerprint density at radius 1 is 1.33 bits per heavy atom. The maximum Gasteiger partial charge on any atom is 0.279 e. The standard InChI is InChI=1S/C16H26N2O5S/c1-12(2)15-6-4-5-7-16(15)23-11-13(19)8-17-24(20,21)18-9-14(10-18)22-3/h4-7,12-14,17,19H,8-11H2,1-3H3. The van der Waals surface area contributed by atoms with Gasteiger partial charge < -0.3 is 14.6 Å². The summed E-state index contributed by atoms with van der Waals surface area (Å²) in [7, 11) is -2.02. The van der Waals surface area contributed by atoms with Gasteiger partial charge in [0.2, 0.25) is 0 Å². The van der Waals surface area contributed by atoms with Gasteiger partial charge in [0.25, 0.3) is 10.2 Å². The van der Waals surface area contributed by atoms with Crippen LogP contribution >= 0.6 is 0 Å². The summed E-state index contributed by atoms with van der Waals surface area (Å²) in [6.45, 7) is 4.72. The van der Waals surface area contributed by atoms with Crippen LogP contribution < -0.4 is 9.46 Å². The van der Waals surface area contributed by atoms with E-state index >= 15 is 0 Å². The van der Waals surface area contributed by atoms with E-state index in [1.807, 2.05) is 24.3 Å². The van der Waals surface area contributed by atoms with Gasteiger partial charge in [-0.1, -0.05) is 32.0 Å². The Bertz CT molecular complexity index is 629. The highest BCUT2D eigenvalue weighted by Crippen LogP contribution is 2.25. The first-order chi connectivity index (χ1) is 11.3. The van der Waals surface area contributed by atoms with Gasteiger partial charge in [-0.3, -0.25) is 0 Å². The van der Waals surface area contributed by atoms with Crippen LogP contribution in [0.5, 0.6) is 5.75 Å². The lowest BCUT2D eigenvalue weighted by Crippen LogP contribution is -2.58. The number of para-hydroxylation sites is 1. The normalized spacial score (nSPS) is 17.7. The molecule has 0 aliphatic carbocycles. The van der Waals surface area contributed by atoms with E-state index < -0.39 is 16.3 Å². The van der Waals surface area contributed by atoms with Crippen LogP contribution in [0, 0.1) is 0 Å². The van der Waals surface area contributed by atoms with Crippen molar-refractivity contribution in [2.24, 2.45) is 0 Å². The van der Waals surface area contributed by atoms with Crippen LogP contribution in [-0.4, -0.2) is 63.4 Å². The number of nitrogens with zero attached hydrogens (tertiary/aromatic N) is 1. The molecule has 24 heavy (non-hydrogen) atoms. The van der Waals surface area contributed by atoms with Gasteiger partial charge >= 0.3 is 0 Å². The molecule has 0 spiro atoms. The number of hydrogen-bond donors (Lipinski definition) is 2. The van der Waals surface area contributed by atoms with Crippen LogP contribution in [0.4, 0.5) is 0 Å². The number of methoxy groups -OCH3 is 1. The summed E-state index contributed by atoms with van der Waals surface area (Å²) >= 11 is 0. The molecule has 0 radical (unpaired) electrons. The summed E-state index contributed by atoms with van der Waals surface area (Å²) in [5, 5.41) is 9.98. The molecular weight excluding hydrogens is 332 g/mol. The van der Waals surface area contributed by atoms with Gasteiger partial charge in [0.1, 0.15) is 18.5 Å². The predicted octanol–water partition coefficient (Wildman–Crippen LogP) is 0.715.